The van der Waals surface area contributed by atoms with E-state index in [2.05, 4.69) is 31.0 Å². The molecule has 1 aliphatic rings. The number of rotatable bonds is 2. The van der Waals surface area contributed by atoms with Gasteiger partial charge in [0.15, 0.2) is 10.6 Å². The highest BCUT2D eigenvalue weighted by Crippen LogP contribution is 2.46. The average Bonchev–Trinajstić information content (AvgIpc) is 2.99. The molecule has 0 amide bonds. The van der Waals surface area contributed by atoms with E-state index in [1.165, 1.54) is 17.8 Å². The van der Waals surface area contributed by atoms with Crippen molar-refractivity contribution in [3.63, 3.8) is 0 Å². The number of hydrogen-bond donors (Lipinski definition) is 1. The average molecular weight is 294 g/mol. The van der Waals surface area contributed by atoms with Gasteiger partial charge in [0, 0.05) is 18.4 Å². The van der Waals surface area contributed by atoms with Crippen LogP contribution in [-0.4, -0.2) is 19.7 Å². The Morgan fingerprint density at radius 1 is 1.37 bits per heavy atom. The molecule has 0 unspecified atom stereocenters. The summed E-state index contributed by atoms with van der Waals surface area (Å²) in [5.41, 5.74) is 1.16. The zero-order chi connectivity index (χ0) is 13.8. The number of nitrogens with zero attached hydrogens (tertiary/aromatic N) is 3. The summed E-state index contributed by atoms with van der Waals surface area (Å²) in [7, 11) is 1.95. The van der Waals surface area contributed by atoms with Crippen LogP contribution in [0.15, 0.2) is 0 Å². The molecule has 2 heterocycles. The van der Waals surface area contributed by atoms with E-state index >= 15 is 0 Å². The lowest BCUT2D eigenvalue weighted by Gasteiger charge is -2.17. The van der Waals surface area contributed by atoms with Crippen LogP contribution in [0.5, 0.6) is 0 Å². The number of aromatic nitrogens is 4. The predicted octanol–water partition coefficient (Wildman–Crippen LogP) is 3.78. The molecule has 0 radical (unpaired) electrons. The second kappa shape index (κ2) is 4.24. The molecule has 19 heavy (non-hydrogen) atoms. The van der Waals surface area contributed by atoms with Crippen LogP contribution in [0, 0.1) is 4.77 Å². The fourth-order valence-electron chi connectivity index (χ4n) is 2.05. The van der Waals surface area contributed by atoms with Gasteiger partial charge in [0.2, 0.25) is 0 Å². The standard InChI is InChI=1S/C13H18N4S2/c1-13(2,3)9-8(10-15-16-12(18)17(10)4)19-11(14-9)7-5-6-7/h7H,5-6H2,1-4H3,(H,16,18). The summed E-state index contributed by atoms with van der Waals surface area (Å²) < 4.78 is 2.57. The zero-order valence-corrected chi connectivity index (χ0v) is 13.3. The zero-order valence-electron chi connectivity index (χ0n) is 11.6. The van der Waals surface area contributed by atoms with Gasteiger partial charge in [-0.15, -0.1) is 11.3 Å². The Bertz CT molecular complexity index is 668. The number of aromatic amines is 1. The van der Waals surface area contributed by atoms with E-state index in [-0.39, 0.29) is 5.41 Å². The summed E-state index contributed by atoms with van der Waals surface area (Å²) in [5, 5.41) is 8.49. The summed E-state index contributed by atoms with van der Waals surface area (Å²) in [4.78, 5) is 6.04. The normalized spacial score (nSPS) is 16.0. The lowest BCUT2D eigenvalue weighted by atomic mass is 9.91. The van der Waals surface area contributed by atoms with E-state index in [0.29, 0.717) is 10.7 Å². The van der Waals surface area contributed by atoms with Crippen LogP contribution in [0.25, 0.3) is 10.7 Å². The third-order valence-corrected chi connectivity index (χ3v) is 4.94. The molecule has 0 spiro atoms. The highest BCUT2D eigenvalue weighted by Gasteiger charge is 2.32. The van der Waals surface area contributed by atoms with Gasteiger partial charge in [-0.05, 0) is 25.1 Å². The molecule has 6 heteroatoms. The lowest BCUT2D eigenvalue weighted by Crippen LogP contribution is -2.13. The van der Waals surface area contributed by atoms with Gasteiger partial charge < -0.3 is 4.57 Å². The van der Waals surface area contributed by atoms with Gasteiger partial charge in [-0.3, -0.25) is 5.10 Å². The lowest BCUT2D eigenvalue weighted by molar-refractivity contribution is 0.571. The smallest absolute Gasteiger partial charge is 0.195 e. The minimum atomic E-state index is 0.0204. The largest absolute Gasteiger partial charge is 0.303 e. The highest BCUT2D eigenvalue weighted by molar-refractivity contribution is 7.71. The summed E-state index contributed by atoms with van der Waals surface area (Å²) in [5.74, 6) is 1.58. The first-order chi connectivity index (χ1) is 8.88. The van der Waals surface area contributed by atoms with E-state index < -0.39 is 0 Å². The quantitative estimate of drug-likeness (QED) is 0.857. The minimum Gasteiger partial charge on any atom is -0.303 e. The molecule has 0 aliphatic heterocycles. The summed E-state index contributed by atoms with van der Waals surface area (Å²) in [6.45, 7) is 6.59. The first-order valence-corrected chi connectivity index (χ1v) is 7.73. The molecule has 2 aromatic heterocycles. The van der Waals surface area contributed by atoms with E-state index in [1.807, 2.05) is 11.6 Å². The van der Waals surface area contributed by atoms with Crippen molar-refractivity contribution in [3.05, 3.63) is 15.5 Å². The van der Waals surface area contributed by atoms with Crippen LogP contribution in [0.4, 0.5) is 0 Å². The minimum absolute atomic E-state index is 0.0204. The molecular weight excluding hydrogens is 276 g/mol. The number of H-pyrrole nitrogens is 1. The molecule has 0 saturated heterocycles. The molecular formula is C13H18N4S2. The van der Waals surface area contributed by atoms with Crippen LogP contribution < -0.4 is 0 Å². The molecule has 102 valence electrons. The summed E-state index contributed by atoms with van der Waals surface area (Å²) in [6.07, 6.45) is 2.55. The fraction of sp³-hybridized carbons (Fsp3) is 0.615. The van der Waals surface area contributed by atoms with E-state index in [4.69, 9.17) is 17.2 Å². The van der Waals surface area contributed by atoms with Gasteiger partial charge in [-0.25, -0.2) is 4.98 Å². The van der Waals surface area contributed by atoms with Crippen molar-refractivity contribution in [2.24, 2.45) is 7.05 Å². The molecule has 0 aromatic carbocycles. The van der Waals surface area contributed by atoms with Crippen molar-refractivity contribution >= 4 is 23.6 Å². The van der Waals surface area contributed by atoms with Gasteiger partial charge in [0.1, 0.15) is 0 Å². The van der Waals surface area contributed by atoms with Gasteiger partial charge in [0.25, 0.3) is 0 Å². The first-order valence-electron chi connectivity index (χ1n) is 6.51. The molecule has 0 bridgehead atoms. The third-order valence-electron chi connectivity index (χ3n) is 3.36. The molecule has 2 aromatic rings. The Kier molecular flexibility index (Phi) is 2.90. The molecule has 1 aliphatic carbocycles. The second-order valence-electron chi connectivity index (χ2n) is 6.17. The Hall–Kier alpha value is -1.01. The number of nitrogens with one attached hydrogen (secondary N) is 1. The maximum atomic E-state index is 5.21. The number of thiazole rings is 1. The van der Waals surface area contributed by atoms with Crippen molar-refractivity contribution in [3.8, 4) is 10.7 Å². The molecule has 3 rings (SSSR count). The maximum Gasteiger partial charge on any atom is 0.195 e. The molecule has 0 atom stereocenters. The fourth-order valence-corrected chi connectivity index (χ4v) is 3.65. The molecule has 1 saturated carbocycles. The molecule has 1 N–H and O–H groups in total. The van der Waals surface area contributed by atoms with E-state index in [1.54, 1.807) is 11.3 Å². The van der Waals surface area contributed by atoms with Crippen molar-refractivity contribution in [1.29, 1.82) is 0 Å². The van der Waals surface area contributed by atoms with Crippen molar-refractivity contribution in [1.82, 2.24) is 19.7 Å². The van der Waals surface area contributed by atoms with E-state index in [0.717, 1.165) is 16.4 Å². The number of hydrogen-bond acceptors (Lipinski definition) is 4. The van der Waals surface area contributed by atoms with Gasteiger partial charge in [-0.1, -0.05) is 20.8 Å². The summed E-state index contributed by atoms with van der Waals surface area (Å²) in [6, 6.07) is 0. The van der Waals surface area contributed by atoms with Crippen LogP contribution in [0.1, 0.15) is 50.2 Å². The predicted molar refractivity (Wildman–Crippen MR) is 80.2 cm³/mol. The van der Waals surface area contributed by atoms with Crippen LogP contribution in [-0.2, 0) is 12.5 Å². The topological polar surface area (TPSA) is 46.5 Å². The van der Waals surface area contributed by atoms with E-state index in [9.17, 15) is 0 Å². The van der Waals surface area contributed by atoms with Crippen LogP contribution in [0.2, 0.25) is 0 Å². The Morgan fingerprint density at radius 2 is 2.05 bits per heavy atom. The highest BCUT2D eigenvalue weighted by atomic mass is 32.1. The maximum absolute atomic E-state index is 5.21. The Labute approximate surface area is 121 Å². The molecule has 1 fully saturated rings. The SMILES string of the molecule is Cn1c(-c2sc(C3CC3)nc2C(C)(C)C)n[nH]c1=S. The van der Waals surface area contributed by atoms with Crippen molar-refractivity contribution in [2.75, 3.05) is 0 Å². The van der Waals surface area contributed by atoms with Gasteiger partial charge in [0.05, 0.1) is 15.6 Å². The van der Waals surface area contributed by atoms with Gasteiger partial charge in [-0.2, -0.15) is 5.10 Å². The summed E-state index contributed by atoms with van der Waals surface area (Å²) >= 11 is 6.99. The molecule has 4 nitrogen and oxygen atoms in total. The van der Waals surface area contributed by atoms with Crippen molar-refractivity contribution < 1.29 is 0 Å². The Balaban J connectivity index is 2.18. The third kappa shape index (κ3) is 2.27. The Morgan fingerprint density at radius 3 is 2.53 bits per heavy atom. The van der Waals surface area contributed by atoms with Crippen LogP contribution >= 0.6 is 23.6 Å². The van der Waals surface area contributed by atoms with Crippen molar-refractivity contribution in [2.45, 2.75) is 44.9 Å². The second-order valence-corrected chi connectivity index (χ2v) is 7.58. The van der Waals surface area contributed by atoms with Crippen LogP contribution in [0.3, 0.4) is 0 Å². The first kappa shape index (κ1) is 13.0. The van der Waals surface area contributed by atoms with Gasteiger partial charge >= 0.3 is 0 Å². The monoisotopic (exact) mass is 294 g/mol.